The molecule has 104 valence electrons. The number of aryl methyl sites for hydroxylation is 1. The second kappa shape index (κ2) is 5.06. The molecule has 1 aromatic heterocycles. The van der Waals surface area contributed by atoms with Crippen LogP contribution in [0.1, 0.15) is 31.4 Å². The Morgan fingerprint density at radius 1 is 1.32 bits per heavy atom. The molecule has 1 spiro atoms. The Morgan fingerprint density at radius 2 is 2.11 bits per heavy atom. The maximum atomic E-state index is 10.2. The fourth-order valence-corrected chi connectivity index (χ4v) is 3.06. The standard InChI is InChI=1S/C14H21N3O2/c1-11-4-5-13(16-15-11)17-8-6-14(7-9-17)12(18)3-2-10-19-14/h4-5,12,18H,2-3,6-10H2,1H3. The molecule has 1 atom stereocenters. The molecule has 1 N–H and O–H groups in total. The van der Waals surface area contributed by atoms with Crippen LogP contribution in [0.25, 0.3) is 0 Å². The molecule has 2 aliphatic heterocycles. The van der Waals surface area contributed by atoms with Crippen molar-refractivity contribution in [3.8, 4) is 0 Å². The third kappa shape index (κ3) is 2.44. The van der Waals surface area contributed by atoms with E-state index >= 15 is 0 Å². The first kappa shape index (κ1) is 12.8. The quantitative estimate of drug-likeness (QED) is 0.827. The van der Waals surface area contributed by atoms with E-state index in [9.17, 15) is 5.11 Å². The monoisotopic (exact) mass is 263 g/mol. The first-order valence-electron chi connectivity index (χ1n) is 7.07. The number of aliphatic hydroxyl groups excluding tert-OH is 1. The molecule has 0 bridgehead atoms. The van der Waals surface area contributed by atoms with Crippen LogP contribution in [0, 0.1) is 6.92 Å². The minimum absolute atomic E-state index is 0.312. The molecular formula is C14H21N3O2. The van der Waals surface area contributed by atoms with Crippen LogP contribution in [0.3, 0.4) is 0 Å². The lowest BCUT2D eigenvalue weighted by molar-refractivity contribution is -0.164. The molecule has 0 saturated carbocycles. The van der Waals surface area contributed by atoms with Crippen LogP contribution in [0.4, 0.5) is 5.82 Å². The van der Waals surface area contributed by atoms with Crippen LogP contribution < -0.4 is 4.90 Å². The number of aliphatic hydroxyl groups is 1. The summed E-state index contributed by atoms with van der Waals surface area (Å²) in [6.07, 6.45) is 3.25. The minimum Gasteiger partial charge on any atom is -0.390 e. The molecule has 3 heterocycles. The van der Waals surface area contributed by atoms with Gasteiger partial charge in [0.25, 0.3) is 0 Å². The maximum Gasteiger partial charge on any atom is 0.151 e. The van der Waals surface area contributed by atoms with Gasteiger partial charge in [0.15, 0.2) is 5.82 Å². The lowest BCUT2D eigenvalue weighted by Gasteiger charge is -2.46. The molecule has 0 amide bonds. The molecular weight excluding hydrogens is 242 g/mol. The second-order valence-electron chi connectivity index (χ2n) is 5.59. The summed E-state index contributed by atoms with van der Waals surface area (Å²) in [5.41, 5.74) is 0.621. The van der Waals surface area contributed by atoms with Gasteiger partial charge in [-0.05, 0) is 44.7 Å². The summed E-state index contributed by atoms with van der Waals surface area (Å²) in [7, 11) is 0. The van der Waals surface area contributed by atoms with Gasteiger partial charge < -0.3 is 14.7 Å². The molecule has 5 heteroatoms. The van der Waals surface area contributed by atoms with Crippen molar-refractivity contribution in [1.29, 1.82) is 0 Å². The topological polar surface area (TPSA) is 58.5 Å². The zero-order valence-corrected chi connectivity index (χ0v) is 11.4. The number of anilines is 1. The predicted molar refractivity (Wildman–Crippen MR) is 72.1 cm³/mol. The predicted octanol–water partition coefficient (Wildman–Crippen LogP) is 1.30. The van der Waals surface area contributed by atoms with Gasteiger partial charge in [-0.1, -0.05) is 0 Å². The maximum absolute atomic E-state index is 10.2. The van der Waals surface area contributed by atoms with E-state index in [-0.39, 0.29) is 11.7 Å². The Hall–Kier alpha value is -1.20. The number of aromatic nitrogens is 2. The van der Waals surface area contributed by atoms with Crippen molar-refractivity contribution in [2.24, 2.45) is 0 Å². The normalized spacial score (nSPS) is 26.6. The van der Waals surface area contributed by atoms with E-state index in [4.69, 9.17) is 4.74 Å². The lowest BCUT2D eigenvalue weighted by atomic mass is 9.82. The minimum atomic E-state index is -0.313. The molecule has 2 fully saturated rings. The smallest absolute Gasteiger partial charge is 0.151 e. The van der Waals surface area contributed by atoms with E-state index in [2.05, 4.69) is 15.1 Å². The molecule has 2 aliphatic rings. The van der Waals surface area contributed by atoms with Crippen molar-refractivity contribution >= 4 is 5.82 Å². The fourth-order valence-electron chi connectivity index (χ4n) is 3.06. The van der Waals surface area contributed by atoms with E-state index in [0.717, 1.165) is 56.9 Å². The summed E-state index contributed by atoms with van der Waals surface area (Å²) in [4.78, 5) is 2.22. The Labute approximate surface area is 113 Å². The van der Waals surface area contributed by atoms with Gasteiger partial charge in [0.1, 0.15) is 0 Å². The van der Waals surface area contributed by atoms with Gasteiger partial charge in [-0.25, -0.2) is 0 Å². The highest BCUT2D eigenvalue weighted by atomic mass is 16.5. The highest BCUT2D eigenvalue weighted by Gasteiger charge is 2.43. The molecule has 2 saturated heterocycles. The summed E-state index contributed by atoms with van der Waals surface area (Å²) in [5, 5.41) is 18.5. The van der Waals surface area contributed by atoms with Gasteiger partial charge >= 0.3 is 0 Å². The Bertz CT molecular complexity index is 427. The van der Waals surface area contributed by atoms with Crippen molar-refractivity contribution in [2.75, 3.05) is 24.6 Å². The van der Waals surface area contributed by atoms with Crippen molar-refractivity contribution in [3.05, 3.63) is 17.8 Å². The lowest BCUT2D eigenvalue weighted by Crippen LogP contribution is -2.55. The third-order valence-electron chi connectivity index (χ3n) is 4.34. The first-order valence-corrected chi connectivity index (χ1v) is 7.07. The Kier molecular flexibility index (Phi) is 3.41. The van der Waals surface area contributed by atoms with Gasteiger partial charge in [-0.2, -0.15) is 5.10 Å². The average molecular weight is 263 g/mol. The highest BCUT2D eigenvalue weighted by molar-refractivity contribution is 5.38. The van der Waals surface area contributed by atoms with Crippen LogP contribution in [0.15, 0.2) is 12.1 Å². The first-order chi connectivity index (χ1) is 9.20. The van der Waals surface area contributed by atoms with Crippen molar-refractivity contribution < 1.29 is 9.84 Å². The second-order valence-corrected chi connectivity index (χ2v) is 5.59. The summed E-state index contributed by atoms with van der Waals surface area (Å²) >= 11 is 0. The molecule has 3 rings (SSSR count). The summed E-state index contributed by atoms with van der Waals surface area (Å²) in [5.74, 6) is 0.922. The highest BCUT2D eigenvalue weighted by Crippen LogP contribution is 2.36. The largest absolute Gasteiger partial charge is 0.390 e. The fraction of sp³-hybridized carbons (Fsp3) is 0.714. The van der Waals surface area contributed by atoms with Gasteiger partial charge in [0, 0.05) is 19.7 Å². The zero-order chi connectivity index (χ0) is 13.3. The van der Waals surface area contributed by atoms with E-state index in [1.165, 1.54) is 0 Å². The van der Waals surface area contributed by atoms with Crippen molar-refractivity contribution in [1.82, 2.24) is 10.2 Å². The van der Waals surface area contributed by atoms with Crippen LogP contribution in [-0.4, -0.2) is 46.7 Å². The number of hydrogen-bond donors (Lipinski definition) is 1. The molecule has 0 radical (unpaired) electrons. The molecule has 1 aromatic rings. The Balaban J connectivity index is 1.67. The van der Waals surface area contributed by atoms with E-state index in [1.54, 1.807) is 0 Å². The van der Waals surface area contributed by atoms with Crippen LogP contribution in [0.5, 0.6) is 0 Å². The van der Waals surface area contributed by atoms with Crippen LogP contribution in [0.2, 0.25) is 0 Å². The van der Waals surface area contributed by atoms with Crippen molar-refractivity contribution in [2.45, 2.75) is 44.3 Å². The van der Waals surface area contributed by atoms with Gasteiger partial charge in [0.05, 0.1) is 17.4 Å². The molecule has 5 nitrogen and oxygen atoms in total. The molecule has 19 heavy (non-hydrogen) atoms. The molecule has 1 unspecified atom stereocenters. The van der Waals surface area contributed by atoms with Gasteiger partial charge in [-0.15, -0.1) is 5.10 Å². The van der Waals surface area contributed by atoms with E-state index in [1.807, 2.05) is 19.1 Å². The van der Waals surface area contributed by atoms with Crippen molar-refractivity contribution in [3.63, 3.8) is 0 Å². The Morgan fingerprint density at radius 3 is 2.74 bits per heavy atom. The zero-order valence-electron chi connectivity index (χ0n) is 11.4. The van der Waals surface area contributed by atoms with E-state index < -0.39 is 0 Å². The van der Waals surface area contributed by atoms with Gasteiger partial charge in [-0.3, -0.25) is 0 Å². The number of nitrogens with zero attached hydrogens (tertiary/aromatic N) is 3. The molecule has 0 aliphatic carbocycles. The van der Waals surface area contributed by atoms with E-state index in [0.29, 0.717) is 0 Å². The van der Waals surface area contributed by atoms with Gasteiger partial charge in [0.2, 0.25) is 0 Å². The SMILES string of the molecule is Cc1ccc(N2CCC3(CC2)OCCCC3O)nn1. The summed E-state index contributed by atoms with van der Waals surface area (Å²) in [6, 6.07) is 4.00. The number of ether oxygens (including phenoxy) is 1. The average Bonchev–Trinajstić information content (AvgIpc) is 2.44. The summed E-state index contributed by atoms with van der Waals surface area (Å²) < 4.78 is 5.91. The number of rotatable bonds is 1. The number of piperidine rings is 1. The molecule has 0 aromatic carbocycles. The van der Waals surface area contributed by atoms with Crippen LogP contribution in [-0.2, 0) is 4.74 Å². The van der Waals surface area contributed by atoms with Crippen LogP contribution >= 0.6 is 0 Å². The summed E-state index contributed by atoms with van der Waals surface area (Å²) in [6.45, 7) is 4.46. The third-order valence-corrected chi connectivity index (χ3v) is 4.34. The number of hydrogen-bond acceptors (Lipinski definition) is 5.